The van der Waals surface area contributed by atoms with Crippen molar-refractivity contribution in [1.82, 2.24) is 0 Å². The van der Waals surface area contributed by atoms with E-state index in [0.717, 1.165) is 16.2 Å². The Balaban J connectivity index is 1.92. The van der Waals surface area contributed by atoms with E-state index in [4.69, 9.17) is 14.0 Å². The van der Waals surface area contributed by atoms with Gasteiger partial charge in [0, 0.05) is 5.39 Å². The van der Waals surface area contributed by atoms with Crippen molar-refractivity contribution in [3.8, 4) is 0 Å². The summed E-state index contributed by atoms with van der Waals surface area (Å²) in [5.41, 5.74) is 0.254. The normalized spacial score (nSPS) is 18.6. The summed E-state index contributed by atoms with van der Waals surface area (Å²) in [7, 11) is -0.450. The Morgan fingerprint density at radius 1 is 1.04 bits per heavy atom. The van der Waals surface area contributed by atoms with Crippen LogP contribution in [0.1, 0.15) is 48.5 Å². The molecule has 144 valence electrons. The fraction of sp³-hybridized carbons (Fsp3) is 0.476. The summed E-state index contributed by atoms with van der Waals surface area (Å²) in [5.74, 6) is 0. The smallest absolute Gasteiger partial charge is 0.444 e. The zero-order valence-electron chi connectivity index (χ0n) is 17.2. The molecule has 1 N–H and O–H groups in total. The molecule has 1 amide bonds. The molecule has 0 saturated carbocycles. The van der Waals surface area contributed by atoms with Gasteiger partial charge in [-0.05, 0) is 65.4 Å². The van der Waals surface area contributed by atoms with Crippen molar-refractivity contribution in [2.24, 2.45) is 0 Å². The first kappa shape index (κ1) is 19.7. The van der Waals surface area contributed by atoms with Crippen molar-refractivity contribution >= 4 is 35.1 Å². The van der Waals surface area contributed by atoms with Crippen molar-refractivity contribution in [2.75, 3.05) is 5.32 Å². The Labute approximate surface area is 161 Å². The molecule has 27 heavy (non-hydrogen) atoms. The molecule has 2 aromatic rings. The SMILES string of the molecule is CC(C)(C)OC(=O)Nc1cccc2ccc(B3OC(C)(C)C(C)(C)O3)cc12. The van der Waals surface area contributed by atoms with E-state index in [2.05, 4.69) is 5.32 Å². The molecule has 0 aromatic heterocycles. The van der Waals surface area contributed by atoms with E-state index in [0.29, 0.717) is 5.69 Å². The molecule has 0 spiro atoms. The second-order valence-corrected chi connectivity index (χ2v) is 9.00. The van der Waals surface area contributed by atoms with Crippen LogP contribution in [0.3, 0.4) is 0 Å². The van der Waals surface area contributed by atoms with Gasteiger partial charge in [0.1, 0.15) is 5.60 Å². The summed E-state index contributed by atoms with van der Waals surface area (Å²) in [6.07, 6.45) is -0.476. The lowest BCUT2D eigenvalue weighted by atomic mass is 9.78. The van der Waals surface area contributed by atoms with Crippen LogP contribution in [0, 0.1) is 0 Å². The number of rotatable bonds is 2. The molecule has 3 rings (SSSR count). The molecule has 1 aliphatic heterocycles. The van der Waals surface area contributed by atoms with Gasteiger partial charge in [0.2, 0.25) is 0 Å². The maximum atomic E-state index is 12.2. The highest BCUT2D eigenvalue weighted by Gasteiger charge is 2.51. The zero-order valence-corrected chi connectivity index (χ0v) is 17.2. The Bertz CT molecular complexity index is 854. The maximum Gasteiger partial charge on any atom is 0.494 e. The molecule has 0 atom stereocenters. The summed E-state index contributed by atoms with van der Waals surface area (Å²) < 4.78 is 17.7. The van der Waals surface area contributed by atoms with Crippen LogP contribution in [0.4, 0.5) is 10.5 Å². The van der Waals surface area contributed by atoms with Gasteiger partial charge in [0.15, 0.2) is 0 Å². The maximum absolute atomic E-state index is 12.2. The summed E-state index contributed by atoms with van der Waals surface area (Å²) in [6.45, 7) is 13.6. The van der Waals surface area contributed by atoms with Crippen molar-refractivity contribution < 1.29 is 18.8 Å². The highest BCUT2D eigenvalue weighted by Crippen LogP contribution is 2.36. The van der Waals surface area contributed by atoms with E-state index < -0.39 is 30.0 Å². The largest absolute Gasteiger partial charge is 0.494 e. The topological polar surface area (TPSA) is 56.8 Å². The van der Waals surface area contributed by atoms with E-state index in [1.54, 1.807) is 0 Å². The molecule has 0 unspecified atom stereocenters. The molecule has 1 fully saturated rings. The molecular formula is C21H28BNO4. The van der Waals surface area contributed by atoms with Crippen molar-refractivity contribution in [3.63, 3.8) is 0 Å². The second-order valence-electron chi connectivity index (χ2n) is 9.00. The van der Waals surface area contributed by atoms with Crippen LogP contribution in [-0.2, 0) is 14.0 Å². The molecule has 0 radical (unpaired) electrons. The van der Waals surface area contributed by atoms with Crippen molar-refractivity contribution in [2.45, 2.75) is 65.3 Å². The first-order chi connectivity index (χ1) is 12.4. The van der Waals surface area contributed by atoms with Gasteiger partial charge in [0.05, 0.1) is 16.9 Å². The average Bonchev–Trinajstić information content (AvgIpc) is 2.73. The number of carbonyl (C=O) groups excluding carboxylic acids is 1. The average molecular weight is 369 g/mol. The fourth-order valence-corrected chi connectivity index (χ4v) is 2.94. The summed E-state index contributed by atoms with van der Waals surface area (Å²) in [4.78, 5) is 12.2. The summed E-state index contributed by atoms with van der Waals surface area (Å²) in [6, 6.07) is 11.8. The van der Waals surface area contributed by atoms with Crippen LogP contribution < -0.4 is 10.8 Å². The van der Waals surface area contributed by atoms with E-state index in [9.17, 15) is 4.79 Å². The molecule has 1 heterocycles. The van der Waals surface area contributed by atoms with Crippen LogP contribution in [0.15, 0.2) is 36.4 Å². The molecule has 1 aliphatic rings. The minimum atomic E-state index is -0.553. The molecular weight excluding hydrogens is 341 g/mol. The lowest BCUT2D eigenvalue weighted by Gasteiger charge is -2.32. The number of ether oxygens (including phenoxy) is 1. The van der Waals surface area contributed by atoms with E-state index >= 15 is 0 Å². The van der Waals surface area contributed by atoms with Gasteiger partial charge in [-0.3, -0.25) is 5.32 Å². The standard InChI is InChI=1S/C21H28BNO4/c1-19(2,3)25-18(24)23-17-10-8-9-14-11-12-15(13-16(14)17)22-26-20(4,5)21(6,7)27-22/h8-13H,1-7H3,(H,23,24). The number of hydrogen-bond donors (Lipinski definition) is 1. The number of amides is 1. The van der Waals surface area contributed by atoms with Crippen LogP contribution in [0.2, 0.25) is 0 Å². The van der Waals surface area contributed by atoms with Gasteiger partial charge >= 0.3 is 13.2 Å². The predicted octanol–water partition coefficient (Wildman–Crippen LogP) is 4.49. The Kier molecular flexibility index (Phi) is 4.77. The molecule has 0 aliphatic carbocycles. The van der Waals surface area contributed by atoms with E-state index in [1.165, 1.54) is 0 Å². The van der Waals surface area contributed by atoms with E-state index in [1.807, 2.05) is 84.9 Å². The number of fused-ring (bicyclic) bond motifs is 1. The predicted molar refractivity (Wildman–Crippen MR) is 110 cm³/mol. The minimum Gasteiger partial charge on any atom is -0.444 e. The third-order valence-corrected chi connectivity index (χ3v) is 5.07. The first-order valence-electron chi connectivity index (χ1n) is 9.26. The first-order valence-corrected chi connectivity index (χ1v) is 9.26. The van der Waals surface area contributed by atoms with Crippen LogP contribution in [-0.4, -0.2) is 30.0 Å². The number of nitrogens with one attached hydrogen (secondary N) is 1. The molecule has 1 saturated heterocycles. The Morgan fingerprint density at radius 2 is 1.67 bits per heavy atom. The van der Waals surface area contributed by atoms with Gasteiger partial charge < -0.3 is 14.0 Å². The lowest BCUT2D eigenvalue weighted by molar-refractivity contribution is 0.00578. The molecule has 6 heteroatoms. The van der Waals surface area contributed by atoms with Gasteiger partial charge in [-0.1, -0.05) is 30.3 Å². The fourth-order valence-electron chi connectivity index (χ4n) is 2.94. The minimum absolute atomic E-state index is 0.402. The number of carbonyl (C=O) groups is 1. The quantitative estimate of drug-likeness (QED) is 0.793. The van der Waals surface area contributed by atoms with Gasteiger partial charge in [0.25, 0.3) is 0 Å². The van der Waals surface area contributed by atoms with Crippen LogP contribution in [0.25, 0.3) is 10.8 Å². The third kappa shape index (κ3) is 4.12. The lowest BCUT2D eigenvalue weighted by Crippen LogP contribution is -2.41. The highest BCUT2D eigenvalue weighted by molar-refractivity contribution is 6.62. The monoisotopic (exact) mass is 369 g/mol. The number of benzene rings is 2. The van der Waals surface area contributed by atoms with Crippen molar-refractivity contribution in [1.29, 1.82) is 0 Å². The van der Waals surface area contributed by atoms with Crippen molar-refractivity contribution in [3.05, 3.63) is 36.4 Å². The Hall–Kier alpha value is -2.05. The third-order valence-electron chi connectivity index (χ3n) is 5.07. The number of hydrogen-bond acceptors (Lipinski definition) is 4. The van der Waals surface area contributed by atoms with Gasteiger partial charge in [-0.15, -0.1) is 0 Å². The van der Waals surface area contributed by atoms with Gasteiger partial charge in [-0.2, -0.15) is 0 Å². The number of anilines is 1. The summed E-state index contributed by atoms with van der Waals surface area (Å²) in [5, 5.41) is 4.78. The van der Waals surface area contributed by atoms with Crippen LogP contribution >= 0.6 is 0 Å². The molecule has 2 aromatic carbocycles. The summed E-state index contributed by atoms with van der Waals surface area (Å²) >= 11 is 0. The molecule has 0 bridgehead atoms. The van der Waals surface area contributed by atoms with Gasteiger partial charge in [-0.25, -0.2) is 4.79 Å². The molecule has 5 nitrogen and oxygen atoms in total. The van der Waals surface area contributed by atoms with Crippen LogP contribution in [0.5, 0.6) is 0 Å². The van der Waals surface area contributed by atoms with E-state index in [-0.39, 0.29) is 0 Å². The highest BCUT2D eigenvalue weighted by atomic mass is 16.7. The second kappa shape index (κ2) is 6.53. The Morgan fingerprint density at radius 3 is 2.26 bits per heavy atom. The zero-order chi connectivity index (χ0) is 20.0.